The quantitative estimate of drug-likeness (QED) is 0.172. The van der Waals surface area contributed by atoms with E-state index in [0.717, 1.165) is 62.2 Å². The molecule has 4 aliphatic heterocycles. The number of alkyl halides is 2. The number of nitrogens with zero attached hydrogens (tertiary/aromatic N) is 8. The summed E-state index contributed by atoms with van der Waals surface area (Å²) in [5.74, 6) is -4.54. The first-order valence-electron chi connectivity index (χ1n) is 21.7. The van der Waals surface area contributed by atoms with Crippen molar-refractivity contribution in [2.24, 2.45) is 25.9 Å². The predicted molar refractivity (Wildman–Crippen MR) is 231 cm³/mol. The van der Waals surface area contributed by atoms with Gasteiger partial charge < -0.3 is 29.7 Å². The number of hydrogen-bond donors (Lipinski definition) is 3. The normalized spacial score (nSPS) is 22.0. The first kappa shape index (κ1) is 40.7. The first-order chi connectivity index (χ1) is 30.3. The number of aromatic nitrogens is 4. The molecule has 3 N–H and O–H groups in total. The van der Waals surface area contributed by atoms with E-state index in [9.17, 15) is 19.6 Å². The van der Waals surface area contributed by atoms with Gasteiger partial charge in [0.25, 0.3) is 5.56 Å². The summed E-state index contributed by atoms with van der Waals surface area (Å²) in [6.45, 7) is 4.88. The predicted octanol–water partition coefficient (Wildman–Crippen LogP) is 5.35. The highest BCUT2D eigenvalue weighted by atomic mass is 19.3. The van der Waals surface area contributed by atoms with E-state index in [1.54, 1.807) is 25.2 Å². The molecule has 63 heavy (non-hydrogen) atoms. The Kier molecular flexibility index (Phi) is 10.2. The van der Waals surface area contributed by atoms with Crippen LogP contribution in [0.15, 0.2) is 47.3 Å². The number of piperidine rings is 2. The van der Waals surface area contributed by atoms with Gasteiger partial charge in [0.1, 0.15) is 11.9 Å². The van der Waals surface area contributed by atoms with Gasteiger partial charge in [0.15, 0.2) is 18.2 Å². The summed E-state index contributed by atoms with van der Waals surface area (Å²) in [6.07, 6.45) is 3.83. The Labute approximate surface area is 360 Å². The zero-order valence-corrected chi connectivity index (χ0v) is 35.1. The van der Waals surface area contributed by atoms with E-state index in [4.69, 9.17) is 9.84 Å². The molecule has 10 rings (SSSR count). The molecule has 2 aromatic carbocycles. The Morgan fingerprint density at radius 3 is 2.43 bits per heavy atom. The molecule has 2 unspecified atom stereocenters. The Balaban J connectivity index is 0.788. The Morgan fingerprint density at radius 1 is 0.921 bits per heavy atom. The third-order valence-electron chi connectivity index (χ3n) is 13.6. The van der Waals surface area contributed by atoms with Crippen LogP contribution in [-0.4, -0.2) is 100 Å². The second kappa shape index (κ2) is 15.8. The molecule has 1 saturated carbocycles. The molecular formula is C45H48F3N11O4. The molecule has 3 saturated heterocycles. The summed E-state index contributed by atoms with van der Waals surface area (Å²) in [5.41, 5.74) is 3.46. The second-order valence-corrected chi connectivity index (χ2v) is 17.7. The molecular weight excluding hydrogens is 816 g/mol. The third kappa shape index (κ3) is 7.55. The summed E-state index contributed by atoms with van der Waals surface area (Å²) < 4.78 is 54.6. The van der Waals surface area contributed by atoms with Crippen LogP contribution in [0.3, 0.4) is 0 Å². The van der Waals surface area contributed by atoms with Crippen molar-refractivity contribution >= 4 is 62.3 Å². The maximum atomic E-state index is 15.6. The summed E-state index contributed by atoms with van der Waals surface area (Å²) in [6, 6.07) is 13.4. The van der Waals surface area contributed by atoms with Gasteiger partial charge in [-0.05, 0) is 86.4 Å². The van der Waals surface area contributed by atoms with Crippen molar-refractivity contribution in [3.63, 3.8) is 0 Å². The molecule has 4 fully saturated rings. The highest BCUT2D eigenvalue weighted by molar-refractivity contribution is 6.03. The number of hydrogen-bond acceptors (Lipinski definition) is 12. The van der Waals surface area contributed by atoms with Crippen LogP contribution in [-0.2, 0) is 23.7 Å². The number of carbonyl (C=O) groups is 2. The van der Waals surface area contributed by atoms with Crippen LogP contribution in [0.2, 0.25) is 0 Å². The number of pyridine rings is 2. The fourth-order valence-corrected chi connectivity index (χ4v) is 9.88. The number of nitrogens with one attached hydrogen (secondary N) is 3. The van der Waals surface area contributed by atoms with Crippen LogP contribution in [0.1, 0.15) is 55.7 Å². The van der Waals surface area contributed by atoms with E-state index >= 15 is 13.2 Å². The van der Waals surface area contributed by atoms with E-state index in [1.165, 1.54) is 10.6 Å². The van der Waals surface area contributed by atoms with Gasteiger partial charge in [-0.3, -0.25) is 29.3 Å². The fourth-order valence-electron chi connectivity index (χ4n) is 9.88. The maximum Gasteiger partial charge on any atom is 0.301 e. The second-order valence-electron chi connectivity index (χ2n) is 17.7. The summed E-state index contributed by atoms with van der Waals surface area (Å²) in [4.78, 5) is 49.1. The molecule has 5 aromatic rings. The lowest BCUT2D eigenvalue weighted by atomic mass is 9.93. The number of halogens is 3. The highest BCUT2D eigenvalue weighted by Gasteiger charge is 2.51. The van der Waals surface area contributed by atoms with Crippen molar-refractivity contribution in [1.82, 2.24) is 29.5 Å². The van der Waals surface area contributed by atoms with E-state index in [-0.39, 0.29) is 40.6 Å². The largest absolute Gasteiger partial charge is 0.480 e. The van der Waals surface area contributed by atoms with Crippen molar-refractivity contribution in [1.29, 1.82) is 5.26 Å². The molecule has 18 heteroatoms. The van der Waals surface area contributed by atoms with Crippen molar-refractivity contribution in [3.05, 3.63) is 69.9 Å². The first-order valence-corrected chi connectivity index (χ1v) is 21.7. The van der Waals surface area contributed by atoms with Crippen LogP contribution in [0.4, 0.5) is 41.9 Å². The number of aryl methyl sites for hydroxylation is 2. The lowest BCUT2D eigenvalue weighted by Gasteiger charge is -2.40. The monoisotopic (exact) mass is 863 g/mol. The number of piperazine rings is 1. The molecule has 5 aliphatic rings. The summed E-state index contributed by atoms with van der Waals surface area (Å²) in [7, 11) is 3.43. The zero-order chi connectivity index (χ0) is 43.7. The van der Waals surface area contributed by atoms with Gasteiger partial charge >= 0.3 is 5.92 Å². The zero-order valence-electron chi connectivity index (χ0n) is 35.1. The maximum absolute atomic E-state index is 15.6. The number of rotatable bonds is 8. The number of ether oxygens (including phenoxy) is 1. The number of carbonyl (C=O) groups excluding carboxylic acids is 2. The molecule has 15 nitrogen and oxygen atoms in total. The van der Waals surface area contributed by atoms with Crippen LogP contribution in [0, 0.1) is 29.0 Å². The minimum Gasteiger partial charge on any atom is -0.480 e. The number of fused-ring (bicyclic) bond motifs is 4. The molecule has 0 radical (unpaired) electrons. The number of benzene rings is 2. The van der Waals surface area contributed by atoms with Gasteiger partial charge in [0.05, 0.1) is 39.9 Å². The fraction of sp³-hybridized carbons (Fsp3) is 0.467. The topological polar surface area (TPSA) is 166 Å². The van der Waals surface area contributed by atoms with Gasteiger partial charge in [0.2, 0.25) is 17.6 Å². The van der Waals surface area contributed by atoms with E-state index in [0.29, 0.717) is 72.8 Å². The number of amides is 2. The SMILES string of the molecule is Cn1nc(C2CCC(=O)NC2=O)c2ccc(N3CCN(CC4CCN(c5nc(Nc6ccc7c(c6)c6c(c(=O)n7C)OCC(F)(F)C(C7CC7)N6)c(F)cc5C#N)CC4)CC3)cc21. The number of nitriles is 1. The van der Waals surface area contributed by atoms with Crippen LogP contribution < -0.4 is 36.0 Å². The van der Waals surface area contributed by atoms with E-state index in [1.807, 2.05) is 22.7 Å². The average Bonchev–Trinajstić information content (AvgIpc) is 4.08. The van der Waals surface area contributed by atoms with Crippen LogP contribution >= 0.6 is 0 Å². The van der Waals surface area contributed by atoms with Gasteiger partial charge in [-0.1, -0.05) is 0 Å². The van der Waals surface area contributed by atoms with Crippen LogP contribution in [0.5, 0.6) is 5.75 Å². The Bertz CT molecular complexity index is 2770. The third-order valence-corrected chi connectivity index (χ3v) is 13.6. The molecule has 0 bridgehead atoms. The van der Waals surface area contributed by atoms with Gasteiger partial charge in [0, 0.05) is 88.5 Å². The van der Waals surface area contributed by atoms with Crippen molar-refractivity contribution in [3.8, 4) is 11.8 Å². The van der Waals surface area contributed by atoms with Crippen molar-refractivity contribution in [2.75, 3.05) is 72.9 Å². The van der Waals surface area contributed by atoms with Gasteiger partial charge in [-0.25, -0.2) is 18.2 Å². The molecule has 2 amide bonds. The lowest BCUT2D eigenvalue weighted by molar-refractivity contribution is -0.134. The minimum atomic E-state index is -3.18. The van der Waals surface area contributed by atoms with E-state index < -0.39 is 35.9 Å². The van der Waals surface area contributed by atoms with Crippen LogP contribution in [0.25, 0.3) is 21.8 Å². The molecule has 2 atom stereocenters. The van der Waals surface area contributed by atoms with E-state index in [2.05, 4.69) is 48.9 Å². The van der Waals surface area contributed by atoms with Gasteiger partial charge in [-0.15, -0.1) is 0 Å². The number of anilines is 5. The smallest absolute Gasteiger partial charge is 0.301 e. The van der Waals surface area contributed by atoms with Gasteiger partial charge in [-0.2, -0.15) is 10.4 Å². The molecule has 3 aromatic heterocycles. The molecule has 7 heterocycles. The Morgan fingerprint density at radius 2 is 1.70 bits per heavy atom. The molecule has 1 aliphatic carbocycles. The minimum absolute atomic E-state index is 0.0804. The molecule has 0 spiro atoms. The highest BCUT2D eigenvalue weighted by Crippen LogP contribution is 2.46. The summed E-state index contributed by atoms with van der Waals surface area (Å²) in [5, 5.41) is 24.6. The Hall–Kier alpha value is -6.35. The van der Waals surface area contributed by atoms with Crippen molar-refractivity contribution < 1.29 is 27.5 Å². The average molecular weight is 864 g/mol. The lowest BCUT2D eigenvalue weighted by Crippen LogP contribution is -2.49. The summed E-state index contributed by atoms with van der Waals surface area (Å²) >= 11 is 0. The standard InChI is InChI=1S/C45H48F3N11O4/c1-55-34-9-5-28(20-32(34)38-39(44(55)62)63-24-45(47,48)40(52-38)26-3-4-26)50-41-33(46)19-27(22-49)42(53-41)59-13-11-25(12-14-59)23-57-15-17-58(18-16-57)29-6-7-30-35(21-29)56(2)54-37(30)31-8-10-36(60)51-43(31)61/h5-7,9,19-21,25-26,31,40,52H,3-4,8,10-18,23-24H2,1-2H3,(H,50,53)(H,51,60,61). The number of imide groups is 1. The molecule has 328 valence electrons. The van der Waals surface area contributed by atoms with Crippen molar-refractivity contribution in [2.45, 2.75) is 56.4 Å².